The van der Waals surface area contributed by atoms with Crippen molar-refractivity contribution in [2.75, 3.05) is 0 Å². The van der Waals surface area contributed by atoms with Gasteiger partial charge >= 0.3 is 0 Å². The number of fused-ring (bicyclic) bond motifs is 1. The molecule has 9 rings (SSSR count). The van der Waals surface area contributed by atoms with Crippen molar-refractivity contribution in [2.24, 2.45) is 0 Å². The molecule has 0 saturated carbocycles. The van der Waals surface area contributed by atoms with E-state index in [2.05, 4.69) is 127 Å². The number of hydrogen-bond donors (Lipinski definition) is 0. The standard InChI is InChI=1S/C48H34ClN5/c1-2-45-50-42-25-12-14-27-44(42)54(45)43-26-13-11-24-41(43)36-28-35(40-23-10-9-22-39(40)32-16-5-3-6-17-32)29-37(30-36)48-52-46(33-18-7-4-8-19-33)51-47(53-48)34-20-15-21-38(49)31-34/h3-31H,2H2,1H3. The molecule has 0 amide bonds. The van der Waals surface area contributed by atoms with E-state index in [0.717, 1.165) is 79.0 Å². The lowest BCUT2D eigenvalue weighted by atomic mass is 9.90. The highest BCUT2D eigenvalue weighted by atomic mass is 35.5. The van der Waals surface area contributed by atoms with Gasteiger partial charge in [-0.15, -0.1) is 0 Å². The zero-order valence-corrected chi connectivity index (χ0v) is 30.3. The van der Waals surface area contributed by atoms with Crippen LogP contribution in [0.3, 0.4) is 0 Å². The van der Waals surface area contributed by atoms with Crippen molar-refractivity contribution in [1.29, 1.82) is 0 Å². The smallest absolute Gasteiger partial charge is 0.164 e. The maximum absolute atomic E-state index is 6.49. The summed E-state index contributed by atoms with van der Waals surface area (Å²) in [5.41, 5.74) is 12.3. The van der Waals surface area contributed by atoms with Crippen molar-refractivity contribution in [3.05, 3.63) is 187 Å². The third-order valence-electron chi connectivity index (χ3n) is 9.67. The lowest BCUT2D eigenvalue weighted by molar-refractivity contribution is 0.909. The number of halogens is 1. The quantitative estimate of drug-likeness (QED) is 0.157. The Labute approximate surface area is 319 Å². The molecule has 54 heavy (non-hydrogen) atoms. The molecule has 0 aliphatic carbocycles. The largest absolute Gasteiger partial charge is 0.296 e. The van der Waals surface area contributed by atoms with Crippen LogP contribution in [0.15, 0.2) is 176 Å². The van der Waals surface area contributed by atoms with Gasteiger partial charge in [0.15, 0.2) is 17.5 Å². The summed E-state index contributed by atoms with van der Waals surface area (Å²) in [6.07, 6.45) is 0.790. The van der Waals surface area contributed by atoms with Crippen LogP contribution in [0.4, 0.5) is 0 Å². The van der Waals surface area contributed by atoms with E-state index in [-0.39, 0.29) is 0 Å². The first-order chi connectivity index (χ1) is 26.6. The number of aryl methyl sites for hydroxylation is 1. The summed E-state index contributed by atoms with van der Waals surface area (Å²) >= 11 is 6.49. The Balaban J connectivity index is 1.32. The van der Waals surface area contributed by atoms with Gasteiger partial charge in [-0.1, -0.05) is 146 Å². The van der Waals surface area contributed by atoms with E-state index in [9.17, 15) is 0 Å². The predicted octanol–water partition coefficient (Wildman–Crippen LogP) is 12.4. The van der Waals surface area contributed by atoms with E-state index in [0.29, 0.717) is 22.5 Å². The molecule has 0 spiro atoms. The number of benzene rings is 7. The molecule has 5 nitrogen and oxygen atoms in total. The number of imidazole rings is 1. The summed E-state index contributed by atoms with van der Waals surface area (Å²) in [5, 5.41) is 0.618. The van der Waals surface area contributed by atoms with Gasteiger partial charge in [-0.3, -0.25) is 4.57 Å². The number of para-hydroxylation sites is 3. The molecular weight excluding hydrogens is 682 g/mol. The second kappa shape index (κ2) is 14.4. The van der Waals surface area contributed by atoms with Crippen LogP contribution >= 0.6 is 11.6 Å². The Morgan fingerprint density at radius 2 is 0.944 bits per heavy atom. The Bertz CT molecular complexity index is 2770. The minimum absolute atomic E-state index is 0.552. The summed E-state index contributed by atoms with van der Waals surface area (Å²) in [5.74, 6) is 2.71. The topological polar surface area (TPSA) is 56.5 Å². The number of rotatable bonds is 8. The third-order valence-corrected chi connectivity index (χ3v) is 9.90. The molecule has 2 aromatic heterocycles. The normalized spacial score (nSPS) is 11.2. The van der Waals surface area contributed by atoms with Crippen molar-refractivity contribution in [3.8, 4) is 73.2 Å². The highest BCUT2D eigenvalue weighted by molar-refractivity contribution is 6.30. The molecule has 0 aliphatic heterocycles. The lowest BCUT2D eigenvalue weighted by Crippen LogP contribution is -2.03. The molecule has 0 aliphatic rings. The SMILES string of the molecule is CCc1nc2ccccc2n1-c1ccccc1-c1cc(-c2nc(-c3ccccc3)nc(-c3cccc(Cl)c3)n2)cc(-c2ccccc2-c2ccccc2)c1. The Kier molecular flexibility index (Phi) is 8.83. The minimum atomic E-state index is 0.552. The van der Waals surface area contributed by atoms with Gasteiger partial charge in [-0.05, 0) is 76.3 Å². The molecule has 258 valence electrons. The highest BCUT2D eigenvalue weighted by Crippen LogP contribution is 2.39. The number of nitrogens with zero attached hydrogens (tertiary/aromatic N) is 5. The Hall–Kier alpha value is -6.69. The average Bonchev–Trinajstić information content (AvgIpc) is 3.63. The van der Waals surface area contributed by atoms with E-state index in [1.807, 2.05) is 60.7 Å². The monoisotopic (exact) mass is 715 g/mol. The second-order valence-electron chi connectivity index (χ2n) is 13.1. The maximum atomic E-state index is 6.49. The second-order valence-corrected chi connectivity index (χ2v) is 13.6. The summed E-state index contributed by atoms with van der Waals surface area (Å²) in [6, 6.07) is 60.4. The van der Waals surface area contributed by atoms with Crippen LogP contribution in [0.25, 0.3) is 84.3 Å². The average molecular weight is 716 g/mol. The fourth-order valence-corrected chi connectivity index (χ4v) is 7.33. The molecular formula is C48H34ClN5. The van der Waals surface area contributed by atoms with Crippen molar-refractivity contribution in [1.82, 2.24) is 24.5 Å². The summed E-state index contributed by atoms with van der Waals surface area (Å²) in [4.78, 5) is 20.3. The molecule has 0 saturated heterocycles. The Morgan fingerprint density at radius 1 is 0.426 bits per heavy atom. The van der Waals surface area contributed by atoms with Crippen molar-refractivity contribution >= 4 is 22.6 Å². The first-order valence-corrected chi connectivity index (χ1v) is 18.4. The predicted molar refractivity (Wildman–Crippen MR) is 221 cm³/mol. The zero-order chi connectivity index (χ0) is 36.4. The first-order valence-electron chi connectivity index (χ1n) is 18.1. The van der Waals surface area contributed by atoms with E-state index >= 15 is 0 Å². The van der Waals surface area contributed by atoms with Crippen molar-refractivity contribution in [2.45, 2.75) is 13.3 Å². The van der Waals surface area contributed by atoms with Crippen LogP contribution in [-0.2, 0) is 6.42 Å². The van der Waals surface area contributed by atoms with Gasteiger partial charge in [0, 0.05) is 33.7 Å². The van der Waals surface area contributed by atoms with Crippen LogP contribution < -0.4 is 0 Å². The van der Waals surface area contributed by atoms with Gasteiger partial charge in [0.25, 0.3) is 0 Å². The van der Waals surface area contributed by atoms with Crippen molar-refractivity contribution in [3.63, 3.8) is 0 Å². The fraction of sp³-hybridized carbons (Fsp3) is 0.0417. The summed E-state index contributed by atoms with van der Waals surface area (Å²) in [7, 11) is 0. The van der Waals surface area contributed by atoms with Gasteiger partial charge in [-0.2, -0.15) is 0 Å². The molecule has 0 bridgehead atoms. The third kappa shape index (κ3) is 6.36. The van der Waals surface area contributed by atoms with Crippen LogP contribution in [0.2, 0.25) is 5.02 Å². The van der Waals surface area contributed by atoms with E-state index in [4.69, 9.17) is 31.5 Å². The minimum Gasteiger partial charge on any atom is -0.296 e. The van der Waals surface area contributed by atoms with Crippen LogP contribution in [0, 0.1) is 0 Å². The van der Waals surface area contributed by atoms with E-state index in [1.165, 1.54) is 0 Å². The van der Waals surface area contributed by atoms with Gasteiger partial charge in [0.05, 0.1) is 16.7 Å². The van der Waals surface area contributed by atoms with Crippen LogP contribution in [0.5, 0.6) is 0 Å². The molecule has 6 heteroatoms. The van der Waals surface area contributed by atoms with Gasteiger partial charge < -0.3 is 0 Å². The Morgan fingerprint density at radius 3 is 1.65 bits per heavy atom. The molecule has 0 fully saturated rings. The van der Waals surface area contributed by atoms with Crippen molar-refractivity contribution < 1.29 is 0 Å². The fourth-order valence-electron chi connectivity index (χ4n) is 7.14. The van der Waals surface area contributed by atoms with Crippen LogP contribution in [-0.4, -0.2) is 24.5 Å². The maximum Gasteiger partial charge on any atom is 0.164 e. The number of aromatic nitrogens is 5. The molecule has 0 atom stereocenters. The highest BCUT2D eigenvalue weighted by Gasteiger charge is 2.19. The van der Waals surface area contributed by atoms with E-state index < -0.39 is 0 Å². The van der Waals surface area contributed by atoms with Gasteiger partial charge in [0.2, 0.25) is 0 Å². The zero-order valence-electron chi connectivity index (χ0n) is 29.6. The lowest BCUT2D eigenvalue weighted by Gasteiger charge is -2.18. The summed E-state index contributed by atoms with van der Waals surface area (Å²) < 4.78 is 2.29. The summed E-state index contributed by atoms with van der Waals surface area (Å²) in [6.45, 7) is 2.15. The van der Waals surface area contributed by atoms with E-state index in [1.54, 1.807) is 0 Å². The molecule has 2 heterocycles. The van der Waals surface area contributed by atoms with Crippen LogP contribution in [0.1, 0.15) is 12.7 Å². The molecule has 0 unspecified atom stereocenters. The molecule has 9 aromatic rings. The number of hydrogen-bond acceptors (Lipinski definition) is 4. The first kappa shape index (κ1) is 33.2. The molecule has 7 aromatic carbocycles. The van der Waals surface area contributed by atoms with Gasteiger partial charge in [-0.25, -0.2) is 19.9 Å². The molecule has 0 radical (unpaired) electrons. The molecule has 0 N–H and O–H groups in total. The van der Waals surface area contributed by atoms with Gasteiger partial charge in [0.1, 0.15) is 5.82 Å².